The number of thiocarbonyl (C=S) groups is 1. The lowest BCUT2D eigenvalue weighted by atomic mass is 9.97. The highest BCUT2D eigenvalue weighted by Crippen LogP contribution is 2.32. The lowest BCUT2D eigenvalue weighted by molar-refractivity contribution is -0.119. The van der Waals surface area contributed by atoms with Crippen molar-refractivity contribution in [3.05, 3.63) is 77.1 Å². The summed E-state index contributed by atoms with van der Waals surface area (Å²) in [6.45, 7) is 10.3. The van der Waals surface area contributed by atoms with Crippen molar-refractivity contribution in [2.45, 2.75) is 65.7 Å². The monoisotopic (exact) mass is 522 g/mol. The molecule has 0 bridgehead atoms. The first-order chi connectivity index (χ1) is 17.3. The van der Waals surface area contributed by atoms with Crippen LogP contribution in [0.25, 0.3) is 11.1 Å². The average molecular weight is 523 g/mol. The normalized spacial score (nSPS) is 12.0. The number of thioether (sulfide) groups is 1. The topological polar surface area (TPSA) is 58.2 Å². The first-order valence-corrected chi connectivity index (χ1v) is 13.9. The van der Waals surface area contributed by atoms with Gasteiger partial charge in [-0.25, -0.2) is 0 Å². The van der Waals surface area contributed by atoms with Gasteiger partial charge in [-0.3, -0.25) is 9.59 Å². The van der Waals surface area contributed by atoms with Crippen molar-refractivity contribution in [2.75, 3.05) is 5.32 Å². The van der Waals surface area contributed by atoms with Gasteiger partial charge in [-0.2, -0.15) is 0 Å². The van der Waals surface area contributed by atoms with E-state index in [1.165, 1.54) is 11.8 Å². The fourth-order valence-electron chi connectivity index (χ4n) is 3.83. The van der Waals surface area contributed by atoms with Crippen LogP contribution in [0.3, 0.4) is 0 Å². The molecule has 0 fully saturated rings. The molecule has 2 rings (SSSR count). The molecule has 1 unspecified atom stereocenters. The number of carbonyl (C=O) groups excluding carboxylic acids is 2. The lowest BCUT2D eigenvalue weighted by Gasteiger charge is -2.18. The van der Waals surface area contributed by atoms with Crippen LogP contribution in [-0.4, -0.2) is 16.8 Å². The molecule has 4 nitrogen and oxygen atoms in total. The van der Waals surface area contributed by atoms with E-state index in [4.69, 9.17) is 12.2 Å². The highest BCUT2D eigenvalue weighted by molar-refractivity contribution is 8.05. The van der Waals surface area contributed by atoms with Gasteiger partial charge in [-0.05, 0) is 66.9 Å². The molecule has 6 heteroatoms. The molecule has 1 atom stereocenters. The van der Waals surface area contributed by atoms with Gasteiger partial charge in [0.25, 0.3) is 5.91 Å². The minimum atomic E-state index is -0.126. The summed E-state index contributed by atoms with van der Waals surface area (Å²) in [5.74, 6) is 0.205. The van der Waals surface area contributed by atoms with Crippen LogP contribution in [0.4, 0.5) is 5.69 Å². The molecule has 2 aromatic rings. The summed E-state index contributed by atoms with van der Waals surface area (Å²) >= 11 is 6.85. The predicted octanol–water partition coefficient (Wildman–Crippen LogP) is 8.27. The van der Waals surface area contributed by atoms with E-state index in [-0.39, 0.29) is 11.8 Å². The number of allylic oxidation sites excluding steroid dienone is 1. The second-order valence-corrected chi connectivity index (χ2v) is 10.3. The quantitative estimate of drug-likeness (QED) is 0.194. The van der Waals surface area contributed by atoms with Gasteiger partial charge in [0.2, 0.25) is 5.91 Å². The summed E-state index contributed by atoms with van der Waals surface area (Å²) in [6, 6.07) is 17.9. The second-order valence-electron chi connectivity index (χ2n) is 8.85. The maximum absolute atomic E-state index is 12.9. The number of para-hydroxylation sites is 1. The highest BCUT2D eigenvalue weighted by atomic mass is 32.2. The van der Waals surface area contributed by atoms with Crippen LogP contribution in [-0.2, 0) is 9.59 Å². The second kappa shape index (κ2) is 16.1. The number of carbonyl (C=O) groups is 2. The molecule has 0 aliphatic rings. The third-order valence-electron chi connectivity index (χ3n) is 5.81. The summed E-state index contributed by atoms with van der Waals surface area (Å²) in [5.41, 5.74) is 3.47. The molecule has 2 aromatic carbocycles. The van der Waals surface area contributed by atoms with Gasteiger partial charge in [0.15, 0.2) is 0 Å². The number of benzene rings is 2. The van der Waals surface area contributed by atoms with E-state index >= 15 is 0 Å². The minimum absolute atomic E-state index is 0.00199. The molecule has 0 spiro atoms. The Kier molecular flexibility index (Phi) is 13.2. The third-order valence-corrected chi connectivity index (χ3v) is 7.22. The zero-order valence-electron chi connectivity index (χ0n) is 21.6. The van der Waals surface area contributed by atoms with Gasteiger partial charge in [0.05, 0.1) is 4.99 Å². The van der Waals surface area contributed by atoms with Crippen molar-refractivity contribution in [1.82, 2.24) is 5.32 Å². The van der Waals surface area contributed by atoms with Crippen molar-refractivity contribution in [2.24, 2.45) is 5.92 Å². The van der Waals surface area contributed by atoms with Gasteiger partial charge < -0.3 is 10.6 Å². The summed E-state index contributed by atoms with van der Waals surface area (Å²) < 4.78 is 0. The Morgan fingerprint density at radius 3 is 2.39 bits per heavy atom. The molecular weight excluding hydrogens is 484 g/mol. The van der Waals surface area contributed by atoms with Crippen molar-refractivity contribution in [3.63, 3.8) is 0 Å². The van der Waals surface area contributed by atoms with Gasteiger partial charge in [0.1, 0.15) is 0 Å². The average Bonchev–Trinajstić information content (AvgIpc) is 2.87. The van der Waals surface area contributed by atoms with Crippen LogP contribution in [0.2, 0.25) is 0 Å². The molecule has 0 saturated carbocycles. The Morgan fingerprint density at radius 2 is 1.69 bits per heavy atom. The van der Waals surface area contributed by atoms with Gasteiger partial charge in [-0.15, -0.1) is 11.8 Å². The maximum Gasteiger partial charge on any atom is 0.251 e. The van der Waals surface area contributed by atoms with Crippen LogP contribution in [0.1, 0.15) is 65.7 Å². The first kappa shape index (κ1) is 29.5. The van der Waals surface area contributed by atoms with E-state index < -0.39 is 0 Å². The molecule has 0 heterocycles. The maximum atomic E-state index is 12.9. The fourth-order valence-corrected chi connectivity index (χ4v) is 4.95. The van der Waals surface area contributed by atoms with Crippen LogP contribution < -0.4 is 10.6 Å². The molecular formula is C30H38N2O2S2. The number of rotatable bonds is 14. The van der Waals surface area contributed by atoms with Crippen molar-refractivity contribution >= 4 is 46.5 Å². The lowest BCUT2D eigenvalue weighted by Crippen LogP contribution is -2.28. The summed E-state index contributed by atoms with van der Waals surface area (Å²) in [7, 11) is 0. The van der Waals surface area contributed by atoms with Crippen molar-refractivity contribution in [1.29, 1.82) is 0 Å². The summed E-state index contributed by atoms with van der Waals surface area (Å²) in [6.07, 6.45) is 5.95. The highest BCUT2D eigenvalue weighted by Gasteiger charge is 2.14. The number of anilines is 1. The Labute approximate surface area is 226 Å². The minimum Gasteiger partial charge on any atom is -0.322 e. The standard InChI is InChI=1S/C30H38N2O2S2/c1-5-13-24(17-12-20-29(35)32-28(33)14-6-2)23(4)36-21-22(3)30(34)31-27-19-11-10-18-26(27)25-15-8-7-9-16-25/h7-11,15-16,18-19,21,24H,4-6,12-14,17,20H2,1-3H3,(H,31,34)(H,32,33,35)/b22-21+. The molecule has 192 valence electrons. The number of nitrogens with one attached hydrogen (secondary N) is 2. The number of amides is 2. The van der Waals surface area contributed by atoms with E-state index in [9.17, 15) is 9.59 Å². The first-order valence-electron chi connectivity index (χ1n) is 12.7. The largest absolute Gasteiger partial charge is 0.322 e. The Morgan fingerprint density at radius 1 is 1.00 bits per heavy atom. The van der Waals surface area contributed by atoms with E-state index in [1.54, 1.807) is 0 Å². The van der Waals surface area contributed by atoms with Crippen molar-refractivity contribution < 1.29 is 9.59 Å². The van der Waals surface area contributed by atoms with Crippen LogP contribution in [0, 0.1) is 5.92 Å². The molecule has 0 aliphatic heterocycles. The molecule has 2 N–H and O–H groups in total. The zero-order valence-corrected chi connectivity index (χ0v) is 23.3. The fraction of sp³-hybridized carbons (Fsp3) is 0.367. The number of hydrogen-bond acceptors (Lipinski definition) is 4. The summed E-state index contributed by atoms with van der Waals surface area (Å²) in [5, 5.41) is 7.76. The van der Waals surface area contributed by atoms with Crippen molar-refractivity contribution in [3.8, 4) is 11.1 Å². The molecule has 0 aliphatic carbocycles. The molecule has 0 radical (unpaired) electrons. The Hall–Kier alpha value is -2.70. The summed E-state index contributed by atoms with van der Waals surface area (Å²) in [4.78, 5) is 26.3. The molecule has 2 amide bonds. The van der Waals surface area contributed by atoms with Gasteiger partial charge in [-0.1, -0.05) is 87.6 Å². The Bertz CT molecular complexity index is 1060. The van der Waals surface area contributed by atoms with E-state index in [2.05, 4.69) is 24.1 Å². The van der Waals surface area contributed by atoms with Crippen LogP contribution in [0.15, 0.2) is 77.1 Å². The predicted molar refractivity (Wildman–Crippen MR) is 159 cm³/mol. The zero-order chi connectivity index (χ0) is 26.3. The van der Waals surface area contributed by atoms with Gasteiger partial charge >= 0.3 is 0 Å². The van der Waals surface area contributed by atoms with Crippen LogP contribution in [0.5, 0.6) is 0 Å². The van der Waals surface area contributed by atoms with E-state index in [1.807, 2.05) is 73.9 Å². The van der Waals surface area contributed by atoms with E-state index in [0.717, 1.165) is 53.8 Å². The molecule has 0 saturated heterocycles. The third kappa shape index (κ3) is 10.1. The smallest absolute Gasteiger partial charge is 0.251 e. The Balaban J connectivity index is 1.92. The molecule has 0 aromatic heterocycles. The molecule has 36 heavy (non-hydrogen) atoms. The number of hydrogen-bond donors (Lipinski definition) is 2. The SMILES string of the molecule is C=C(S/C=C(\C)C(=O)Nc1ccccc1-c1ccccc1)C(CCC)CCCC(=S)NC(=O)CCC. The van der Waals surface area contributed by atoms with E-state index in [0.29, 0.717) is 29.3 Å². The van der Waals surface area contributed by atoms with Crippen LogP contribution >= 0.6 is 24.0 Å². The van der Waals surface area contributed by atoms with Gasteiger partial charge in [0, 0.05) is 23.2 Å².